The zero-order valence-electron chi connectivity index (χ0n) is 14.3. The summed E-state index contributed by atoms with van der Waals surface area (Å²) >= 11 is 0.923. The Morgan fingerprint density at radius 3 is 2.56 bits per heavy atom. The van der Waals surface area contributed by atoms with Crippen LogP contribution < -0.4 is 10.6 Å². The highest BCUT2D eigenvalue weighted by molar-refractivity contribution is 8.15. The summed E-state index contributed by atoms with van der Waals surface area (Å²) in [6.45, 7) is 0.273. The molecule has 2 amide bonds. The molecule has 6 nitrogen and oxygen atoms in total. The van der Waals surface area contributed by atoms with Crippen molar-refractivity contribution in [1.29, 1.82) is 0 Å². The van der Waals surface area contributed by atoms with Crippen LogP contribution in [0.4, 0.5) is 5.69 Å². The fraction of sp³-hybridized carbons (Fsp3) is 0.150. The lowest BCUT2D eigenvalue weighted by Crippen LogP contribution is -2.49. The third-order valence-corrected chi connectivity index (χ3v) is 5.75. The maximum absolute atomic E-state index is 13.2. The highest BCUT2D eigenvalue weighted by Crippen LogP contribution is 2.47. The van der Waals surface area contributed by atoms with E-state index >= 15 is 0 Å². The molecule has 0 spiro atoms. The summed E-state index contributed by atoms with van der Waals surface area (Å²) in [5.41, 5.74) is 5.65. The van der Waals surface area contributed by atoms with Crippen LogP contribution in [-0.4, -0.2) is 33.9 Å². The Bertz CT molecular complexity index is 973. The molecule has 2 aliphatic rings. The number of nitrogens with two attached hydrogens (primary N) is 1. The maximum Gasteiger partial charge on any atom is 0.265 e. The fourth-order valence-corrected chi connectivity index (χ4v) is 4.32. The topological polar surface area (TPSA) is 96.0 Å². The van der Waals surface area contributed by atoms with Gasteiger partial charge in [0.1, 0.15) is 5.25 Å². The van der Waals surface area contributed by atoms with Crippen molar-refractivity contribution in [1.82, 2.24) is 0 Å². The molecule has 136 valence electrons. The Morgan fingerprint density at radius 1 is 1.15 bits per heavy atom. The minimum Gasteiger partial charge on any atom is -0.378 e. The lowest BCUT2D eigenvalue weighted by atomic mass is 9.91. The Hall–Kier alpha value is -2.90. The highest BCUT2D eigenvalue weighted by Gasteiger charge is 2.58. The third kappa shape index (κ3) is 2.85. The Balaban J connectivity index is 1.66. The minimum absolute atomic E-state index is 0.0612. The van der Waals surface area contributed by atoms with Crippen molar-refractivity contribution in [3.63, 3.8) is 0 Å². The summed E-state index contributed by atoms with van der Waals surface area (Å²) in [5.74, 6) is -1.14. The van der Waals surface area contributed by atoms with Crippen LogP contribution in [0.2, 0.25) is 0 Å². The van der Waals surface area contributed by atoms with Gasteiger partial charge in [0, 0.05) is 12.1 Å². The number of thioether (sulfide) groups is 1. The van der Waals surface area contributed by atoms with E-state index in [0.29, 0.717) is 11.3 Å². The molecule has 2 atom stereocenters. The van der Waals surface area contributed by atoms with Gasteiger partial charge in [-0.15, -0.1) is 0 Å². The molecular weight excluding hydrogens is 362 g/mol. The van der Waals surface area contributed by atoms with Crippen LogP contribution in [0.5, 0.6) is 0 Å². The summed E-state index contributed by atoms with van der Waals surface area (Å²) in [7, 11) is 0. The van der Waals surface area contributed by atoms with Crippen LogP contribution in [0.1, 0.15) is 11.1 Å². The standard InChI is InChI=1S/C20H17N3O3S/c21-19-22-17(24)16(27-19)20(26)14-10-4-5-11-15(14)23(18(20)25)12-6-9-13-7-2-1-3-8-13/h1-11,16,26H,12H2,(H2,21,22,24)/b9-6+/t16-,20+/m1/s1. The second kappa shape index (κ2) is 6.68. The summed E-state index contributed by atoms with van der Waals surface area (Å²) in [4.78, 5) is 30.5. The maximum atomic E-state index is 13.2. The van der Waals surface area contributed by atoms with Crippen molar-refractivity contribution in [3.8, 4) is 0 Å². The quantitative estimate of drug-likeness (QED) is 0.846. The number of fused-ring (bicyclic) bond motifs is 1. The number of nitrogens with zero attached hydrogens (tertiary/aromatic N) is 2. The summed E-state index contributed by atoms with van der Waals surface area (Å²) in [6.07, 6.45) is 3.76. The number of anilines is 1. The first-order valence-corrected chi connectivity index (χ1v) is 9.30. The zero-order chi connectivity index (χ0) is 19.0. The van der Waals surface area contributed by atoms with Gasteiger partial charge in [0.15, 0.2) is 10.8 Å². The number of amides is 2. The van der Waals surface area contributed by atoms with E-state index < -0.39 is 22.7 Å². The average Bonchev–Trinajstić information content (AvgIpc) is 3.13. The number of aliphatic hydroxyl groups is 1. The van der Waals surface area contributed by atoms with E-state index in [1.807, 2.05) is 42.5 Å². The van der Waals surface area contributed by atoms with Gasteiger partial charge in [0.2, 0.25) is 0 Å². The number of hydrogen-bond donors (Lipinski definition) is 2. The lowest BCUT2D eigenvalue weighted by molar-refractivity contribution is -0.140. The van der Waals surface area contributed by atoms with Gasteiger partial charge in [0.25, 0.3) is 11.8 Å². The predicted octanol–water partition coefficient (Wildman–Crippen LogP) is 1.89. The number of amidine groups is 1. The van der Waals surface area contributed by atoms with Gasteiger partial charge in [-0.05, 0) is 11.6 Å². The van der Waals surface area contributed by atoms with Crippen molar-refractivity contribution < 1.29 is 14.7 Å². The smallest absolute Gasteiger partial charge is 0.265 e. The van der Waals surface area contributed by atoms with Gasteiger partial charge in [-0.3, -0.25) is 9.59 Å². The zero-order valence-corrected chi connectivity index (χ0v) is 15.1. The van der Waals surface area contributed by atoms with Crippen molar-refractivity contribution in [2.45, 2.75) is 10.9 Å². The summed E-state index contributed by atoms with van der Waals surface area (Å²) < 4.78 is 0. The van der Waals surface area contributed by atoms with Gasteiger partial charge in [-0.1, -0.05) is 72.4 Å². The molecule has 4 rings (SSSR count). The first kappa shape index (κ1) is 17.5. The van der Waals surface area contributed by atoms with E-state index in [9.17, 15) is 14.7 Å². The number of rotatable bonds is 4. The largest absolute Gasteiger partial charge is 0.378 e. The Kier molecular flexibility index (Phi) is 4.33. The number of aliphatic imine (C=N–C) groups is 1. The molecule has 2 heterocycles. The van der Waals surface area contributed by atoms with E-state index in [2.05, 4.69) is 4.99 Å². The third-order valence-electron chi connectivity index (χ3n) is 4.64. The monoisotopic (exact) mass is 379 g/mol. The van der Waals surface area contributed by atoms with Crippen molar-refractivity contribution in [2.75, 3.05) is 11.4 Å². The van der Waals surface area contributed by atoms with Crippen LogP contribution in [-0.2, 0) is 15.2 Å². The van der Waals surface area contributed by atoms with Gasteiger partial charge < -0.3 is 15.7 Å². The van der Waals surface area contributed by atoms with E-state index in [1.165, 1.54) is 4.90 Å². The lowest BCUT2D eigenvalue weighted by Gasteiger charge is -2.26. The van der Waals surface area contributed by atoms with Gasteiger partial charge in [-0.2, -0.15) is 4.99 Å². The molecular formula is C20H17N3O3S. The second-order valence-electron chi connectivity index (χ2n) is 6.30. The molecule has 27 heavy (non-hydrogen) atoms. The van der Waals surface area contributed by atoms with Gasteiger partial charge in [0.05, 0.1) is 5.69 Å². The molecule has 0 unspecified atom stereocenters. The molecule has 2 aliphatic heterocycles. The summed E-state index contributed by atoms with van der Waals surface area (Å²) in [6, 6.07) is 16.7. The van der Waals surface area contributed by atoms with Crippen LogP contribution in [0.25, 0.3) is 6.08 Å². The van der Waals surface area contributed by atoms with Crippen LogP contribution >= 0.6 is 11.8 Å². The number of hydrogen-bond acceptors (Lipinski definition) is 5. The number of carbonyl (C=O) groups excluding carboxylic acids is 2. The minimum atomic E-state index is -1.98. The van der Waals surface area contributed by atoms with Crippen LogP contribution in [0.3, 0.4) is 0 Å². The van der Waals surface area contributed by atoms with E-state index in [1.54, 1.807) is 24.3 Å². The normalized spacial score (nSPS) is 24.6. The molecule has 2 aromatic rings. The van der Waals surface area contributed by atoms with E-state index in [0.717, 1.165) is 17.3 Å². The van der Waals surface area contributed by atoms with Gasteiger partial charge >= 0.3 is 0 Å². The first-order valence-electron chi connectivity index (χ1n) is 8.42. The molecule has 3 N–H and O–H groups in total. The van der Waals surface area contributed by atoms with Crippen molar-refractivity contribution in [2.24, 2.45) is 10.7 Å². The Morgan fingerprint density at radius 2 is 1.85 bits per heavy atom. The second-order valence-corrected chi connectivity index (χ2v) is 7.42. The molecule has 0 saturated carbocycles. The first-order chi connectivity index (χ1) is 13.0. The Labute approximate surface area is 160 Å². The molecule has 0 fully saturated rings. The van der Waals surface area contributed by atoms with Crippen molar-refractivity contribution >= 4 is 40.5 Å². The molecule has 7 heteroatoms. The molecule has 0 radical (unpaired) electrons. The van der Waals surface area contributed by atoms with Gasteiger partial charge in [-0.25, -0.2) is 0 Å². The average molecular weight is 379 g/mol. The molecule has 0 aromatic heterocycles. The number of benzene rings is 2. The number of carbonyl (C=O) groups is 2. The predicted molar refractivity (Wildman–Crippen MR) is 106 cm³/mol. The highest BCUT2D eigenvalue weighted by atomic mass is 32.2. The van der Waals surface area contributed by atoms with Crippen LogP contribution in [0.15, 0.2) is 65.7 Å². The van der Waals surface area contributed by atoms with E-state index in [-0.39, 0.29) is 11.7 Å². The SMILES string of the molecule is NC1=NC(=O)[C@H]([C@]2(O)C(=O)N(C/C=C/c3ccccc3)c3ccccc32)S1. The fourth-order valence-electron chi connectivity index (χ4n) is 3.38. The molecule has 0 aliphatic carbocycles. The molecule has 0 bridgehead atoms. The summed E-state index contributed by atoms with van der Waals surface area (Å²) in [5, 5.41) is 10.3. The van der Waals surface area contributed by atoms with Crippen molar-refractivity contribution in [3.05, 3.63) is 71.8 Å². The molecule has 0 saturated heterocycles. The van der Waals surface area contributed by atoms with E-state index in [4.69, 9.17) is 5.73 Å². The molecule has 2 aromatic carbocycles. The number of para-hydroxylation sites is 1. The van der Waals surface area contributed by atoms with Crippen LogP contribution in [0, 0.1) is 0 Å².